The molecule has 1 N–H and O–H groups in total. The fraction of sp³-hybridized carbons (Fsp3) is 0.381. The minimum atomic E-state index is -0.399. The molecule has 0 unspecified atom stereocenters. The van der Waals surface area contributed by atoms with Crippen LogP contribution >= 0.6 is 0 Å². The normalized spacial score (nSPS) is 14.3. The third-order valence-corrected chi connectivity index (χ3v) is 5.27. The Morgan fingerprint density at radius 1 is 1.03 bits per heavy atom. The molecule has 3 rings (SSSR count). The van der Waals surface area contributed by atoms with Gasteiger partial charge in [0.05, 0.1) is 52.4 Å². The monoisotopic (exact) mass is 416 g/mol. The van der Waals surface area contributed by atoms with E-state index in [-0.39, 0.29) is 11.6 Å². The summed E-state index contributed by atoms with van der Waals surface area (Å²) in [4.78, 5) is 26.5. The van der Waals surface area contributed by atoms with Crippen LogP contribution in [-0.2, 0) is 6.54 Å². The third-order valence-electron chi connectivity index (χ3n) is 5.27. The molecular formula is C21H26N3O6+. The number of rotatable bonds is 7. The van der Waals surface area contributed by atoms with Crippen LogP contribution in [0.4, 0.5) is 5.69 Å². The van der Waals surface area contributed by atoms with Crippen molar-refractivity contribution in [3.8, 4) is 17.2 Å². The van der Waals surface area contributed by atoms with Crippen LogP contribution in [0.1, 0.15) is 15.9 Å². The van der Waals surface area contributed by atoms with Crippen LogP contribution in [0.25, 0.3) is 0 Å². The molecule has 0 spiro atoms. The van der Waals surface area contributed by atoms with Crippen molar-refractivity contribution in [2.24, 2.45) is 0 Å². The molecule has 0 saturated carbocycles. The van der Waals surface area contributed by atoms with Gasteiger partial charge in [-0.05, 0) is 24.3 Å². The van der Waals surface area contributed by atoms with Crippen LogP contribution in [0.5, 0.6) is 17.2 Å². The summed E-state index contributed by atoms with van der Waals surface area (Å²) in [6, 6.07) is 9.97. The van der Waals surface area contributed by atoms with Gasteiger partial charge in [0.2, 0.25) is 5.75 Å². The van der Waals surface area contributed by atoms with E-state index in [1.54, 1.807) is 24.3 Å². The van der Waals surface area contributed by atoms with Crippen molar-refractivity contribution in [1.29, 1.82) is 0 Å². The van der Waals surface area contributed by atoms with E-state index < -0.39 is 4.92 Å². The van der Waals surface area contributed by atoms with Gasteiger partial charge < -0.3 is 24.0 Å². The first-order valence-electron chi connectivity index (χ1n) is 9.63. The first-order chi connectivity index (χ1) is 14.5. The number of carbonyl (C=O) groups excluding carboxylic acids is 1. The van der Waals surface area contributed by atoms with Gasteiger partial charge in [-0.3, -0.25) is 14.9 Å². The van der Waals surface area contributed by atoms with Crippen LogP contribution in [-0.4, -0.2) is 63.2 Å². The number of carbonyl (C=O) groups is 1. The highest BCUT2D eigenvalue weighted by Gasteiger charge is 2.26. The summed E-state index contributed by atoms with van der Waals surface area (Å²) in [5.41, 5.74) is 1.62. The van der Waals surface area contributed by atoms with E-state index in [4.69, 9.17) is 14.2 Å². The molecular weight excluding hydrogens is 390 g/mol. The largest absolute Gasteiger partial charge is 0.493 e. The zero-order chi connectivity index (χ0) is 21.7. The van der Waals surface area contributed by atoms with Crippen molar-refractivity contribution in [3.63, 3.8) is 0 Å². The van der Waals surface area contributed by atoms with Crippen molar-refractivity contribution < 1.29 is 28.8 Å². The summed E-state index contributed by atoms with van der Waals surface area (Å²) in [6.45, 7) is 3.61. The number of quaternary nitrogens is 1. The second-order valence-corrected chi connectivity index (χ2v) is 7.06. The third kappa shape index (κ3) is 4.62. The number of nitrogens with one attached hydrogen (secondary N) is 1. The maximum absolute atomic E-state index is 13.0. The lowest BCUT2D eigenvalue weighted by molar-refractivity contribution is -0.917. The number of benzene rings is 2. The zero-order valence-electron chi connectivity index (χ0n) is 17.3. The number of nitrogens with zero attached hydrogens (tertiary/aromatic N) is 2. The van der Waals surface area contributed by atoms with E-state index in [1.165, 1.54) is 38.4 Å². The minimum Gasteiger partial charge on any atom is -0.493 e. The lowest BCUT2D eigenvalue weighted by Gasteiger charge is -2.32. The molecule has 2 aromatic carbocycles. The molecule has 0 aliphatic carbocycles. The summed E-state index contributed by atoms with van der Waals surface area (Å²) in [7, 11) is 4.56. The second-order valence-electron chi connectivity index (χ2n) is 7.06. The fourth-order valence-corrected chi connectivity index (χ4v) is 3.61. The Kier molecular flexibility index (Phi) is 6.73. The highest BCUT2D eigenvalue weighted by molar-refractivity contribution is 5.95. The topological polar surface area (TPSA) is 95.6 Å². The molecule has 160 valence electrons. The standard InChI is InChI=1S/C21H25N3O6/c1-28-18-12-16(13-19(29-2)20(18)30-3)21(25)23-10-8-22(9-11-23)14-15-4-6-17(7-5-15)24(26)27/h4-7,12-13H,8-11,14H2,1-3H3/p+1. The van der Waals surface area contributed by atoms with Crippen molar-refractivity contribution in [3.05, 3.63) is 57.6 Å². The van der Waals surface area contributed by atoms with Crippen LogP contribution in [0.15, 0.2) is 36.4 Å². The molecule has 30 heavy (non-hydrogen) atoms. The molecule has 0 atom stereocenters. The molecule has 1 heterocycles. The predicted molar refractivity (Wildman–Crippen MR) is 109 cm³/mol. The molecule has 1 aliphatic rings. The second kappa shape index (κ2) is 9.45. The predicted octanol–water partition coefficient (Wildman–Crippen LogP) is 1.16. The van der Waals surface area contributed by atoms with Gasteiger partial charge in [-0.2, -0.15) is 0 Å². The molecule has 1 amide bonds. The van der Waals surface area contributed by atoms with Crippen molar-refractivity contribution >= 4 is 11.6 Å². The summed E-state index contributed by atoms with van der Waals surface area (Å²) in [6.07, 6.45) is 0. The maximum atomic E-state index is 13.0. The van der Waals surface area contributed by atoms with Gasteiger partial charge in [0, 0.05) is 23.3 Å². The van der Waals surface area contributed by atoms with E-state index in [1.807, 2.05) is 4.90 Å². The number of hydrogen-bond acceptors (Lipinski definition) is 6. The molecule has 0 aromatic heterocycles. The Labute approximate surface area is 174 Å². The molecule has 9 nitrogen and oxygen atoms in total. The average Bonchev–Trinajstić information content (AvgIpc) is 2.78. The van der Waals surface area contributed by atoms with E-state index in [2.05, 4.69) is 0 Å². The Hall–Kier alpha value is -3.33. The highest BCUT2D eigenvalue weighted by Crippen LogP contribution is 2.38. The van der Waals surface area contributed by atoms with Crippen LogP contribution < -0.4 is 19.1 Å². The van der Waals surface area contributed by atoms with Crippen molar-refractivity contribution in [2.45, 2.75) is 6.54 Å². The van der Waals surface area contributed by atoms with Gasteiger partial charge in [0.25, 0.3) is 11.6 Å². The zero-order valence-corrected chi connectivity index (χ0v) is 17.3. The van der Waals surface area contributed by atoms with E-state index in [0.717, 1.165) is 25.2 Å². The number of amides is 1. The van der Waals surface area contributed by atoms with Gasteiger partial charge in [0.15, 0.2) is 11.5 Å². The molecule has 1 fully saturated rings. The number of ether oxygens (including phenoxy) is 3. The summed E-state index contributed by atoms with van der Waals surface area (Å²) in [5.74, 6) is 1.27. The van der Waals surface area contributed by atoms with Gasteiger partial charge in [-0.1, -0.05) is 0 Å². The van der Waals surface area contributed by atoms with Crippen LogP contribution in [0.3, 0.4) is 0 Å². The molecule has 9 heteroatoms. The molecule has 1 saturated heterocycles. The average molecular weight is 416 g/mol. The summed E-state index contributed by atoms with van der Waals surface area (Å²) in [5, 5.41) is 10.8. The SMILES string of the molecule is COc1cc(C(=O)N2CC[NH+](Cc3ccc([N+](=O)[O-])cc3)CC2)cc(OC)c1OC. The number of non-ortho nitro benzene ring substituents is 1. The minimum absolute atomic E-state index is 0.0800. The van der Waals surface area contributed by atoms with Crippen LogP contribution in [0, 0.1) is 10.1 Å². The van der Waals surface area contributed by atoms with E-state index in [9.17, 15) is 14.9 Å². The summed E-state index contributed by atoms with van der Waals surface area (Å²) >= 11 is 0. The molecule has 1 aliphatic heterocycles. The number of hydrogen-bond donors (Lipinski definition) is 1. The maximum Gasteiger partial charge on any atom is 0.269 e. The first kappa shape index (κ1) is 21.4. The van der Waals surface area contributed by atoms with Gasteiger partial charge in [-0.25, -0.2) is 0 Å². The summed E-state index contributed by atoms with van der Waals surface area (Å²) < 4.78 is 16.0. The van der Waals surface area contributed by atoms with Gasteiger partial charge in [0.1, 0.15) is 6.54 Å². The van der Waals surface area contributed by atoms with E-state index in [0.29, 0.717) is 35.9 Å². The number of piperazine rings is 1. The molecule has 0 bridgehead atoms. The van der Waals surface area contributed by atoms with Gasteiger partial charge >= 0.3 is 0 Å². The number of methoxy groups -OCH3 is 3. The smallest absolute Gasteiger partial charge is 0.269 e. The Balaban J connectivity index is 1.63. The first-order valence-corrected chi connectivity index (χ1v) is 9.63. The molecule has 2 aromatic rings. The fourth-order valence-electron chi connectivity index (χ4n) is 3.61. The van der Waals surface area contributed by atoms with Crippen LogP contribution in [0.2, 0.25) is 0 Å². The lowest BCUT2D eigenvalue weighted by atomic mass is 10.1. The number of nitro benzene ring substituents is 1. The highest BCUT2D eigenvalue weighted by atomic mass is 16.6. The van der Waals surface area contributed by atoms with Crippen molar-refractivity contribution in [2.75, 3.05) is 47.5 Å². The Morgan fingerprint density at radius 2 is 1.60 bits per heavy atom. The lowest BCUT2D eigenvalue weighted by Crippen LogP contribution is -3.13. The van der Waals surface area contributed by atoms with Gasteiger partial charge in [-0.15, -0.1) is 0 Å². The molecule has 0 radical (unpaired) electrons. The number of nitro groups is 1. The van der Waals surface area contributed by atoms with Crippen molar-refractivity contribution in [1.82, 2.24) is 4.90 Å². The Morgan fingerprint density at radius 3 is 2.07 bits per heavy atom. The Bertz CT molecular complexity index is 882. The van der Waals surface area contributed by atoms with E-state index >= 15 is 0 Å². The quantitative estimate of drug-likeness (QED) is 0.538.